The summed E-state index contributed by atoms with van der Waals surface area (Å²) >= 11 is 6.38. The number of Topliss-reactive ketones (excluding diaryl/α,β-unsaturated/α-hetero) is 1. The van der Waals surface area contributed by atoms with Gasteiger partial charge >= 0.3 is 5.97 Å². The molecule has 0 heterocycles. The molecule has 1 unspecified atom stereocenters. The van der Waals surface area contributed by atoms with Crippen LogP contribution in [-0.4, -0.2) is 46.4 Å². The van der Waals surface area contributed by atoms with Crippen LogP contribution in [0.5, 0.6) is 11.5 Å². The second-order valence-electron chi connectivity index (χ2n) is 7.20. The second kappa shape index (κ2) is 8.75. The molecule has 8 heteroatoms. The number of rotatable bonds is 5. The summed E-state index contributed by atoms with van der Waals surface area (Å²) in [5.74, 6) is -2.28. The molecule has 1 aliphatic rings. The van der Waals surface area contributed by atoms with Crippen LogP contribution in [0, 0.1) is 0 Å². The molecule has 2 aromatic rings. The number of amides is 1. The fourth-order valence-electron chi connectivity index (χ4n) is 3.84. The van der Waals surface area contributed by atoms with Crippen molar-refractivity contribution >= 4 is 29.3 Å². The summed E-state index contributed by atoms with van der Waals surface area (Å²) in [6.45, 7) is -0.616. The minimum absolute atomic E-state index is 0.111. The minimum atomic E-state index is -1.22. The van der Waals surface area contributed by atoms with Crippen molar-refractivity contribution in [2.24, 2.45) is 0 Å². The molecule has 7 nitrogen and oxygen atoms in total. The summed E-state index contributed by atoms with van der Waals surface area (Å²) in [7, 11) is 1.50. The van der Waals surface area contributed by atoms with E-state index < -0.39 is 29.8 Å². The Hall–Kier alpha value is -3.06. The number of hydrogen-bond donors (Lipinski definition) is 2. The number of ether oxygens (including phenoxy) is 1. The lowest BCUT2D eigenvalue weighted by Crippen LogP contribution is -2.55. The normalized spacial score (nSPS) is 18.7. The summed E-state index contributed by atoms with van der Waals surface area (Å²) in [5.41, 5.74) is -0.853. The van der Waals surface area contributed by atoms with Gasteiger partial charge in [-0.15, -0.1) is 0 Å². The van der Waals surface area contributed by atoms with Crippen LogP contribution >= 0.6 is 11.6 Å². The monoisotopic (exact) mass is 431 g/mol. The molecule has 0 aromatic heterocycles. The number of benzene rings is 2. The first-order chi connectivity index (χ1) is 14.3. The number of esters is 1. The fraction of sp³-hybridized carbons (Fsp3) is 0.318. The standard InChI is InChI=1S/C22H22ClNO6/c1-24(20(28)13-30-21(29)15-10-9-14(25)12-18(15)26)22(11-5-4-8-19(22)27)16-6-2-3-7-17(16)23/h2-3,6-7,9-10,12,25-26H,4-5,8,11,13H2,1H3. The zero-order valence-corrected chi connectivity index (χ0v) is 17.2. The highest BCUT2D eigenvalue weighted by Crippen LogP contribution is 2.42. The Labute approximate surface area is 178 Å². The van der Waals surface area contributed by atoms with E-state index in [4.69, 9.17) is 16.3 Å². The number of likely N-dealkylation sites (N-methyl/N-ethyl adjacent to an activating group) is 1. The van der Waals surface area contributed by atoms with Gasteiger partial charge in [0.15, 0.2) is 12.4 Å². The van der Waals surface area contributed by atoms with E-state index in [1.807, 2.05) is 0 Å². The number of ketones is 1. The first kappa shape index (κ1) is 21.6. The van der Waals surface area contributed by atoms with E-state index in [1.165, 1.54) is 24.1 Å². The lowest BCUT2D eigenvalue weighted by Gasteiger charge is -2.43. The van der Waals surface area contributed by atoms with Crippen LogP contribution in [0.1, 0.15) is 41.6 Å². The smallest absolute Gasteiger partial charge is 0.342 e. The number of hydrogen-bond acceptors (Lipinski definition) is 6. The lowest BCUT2D eigenvalue weighted by atomic mass is 9.74. The quantitative estimate of drug-likeness (QED) is 0.703. The van der Waals surface area contributed by atoms with E-state index in [2.05, 4.69) is 0 Å². The number of nitrogens with zero attached hydrogens (tertiary/aromatic N) is 1. The van der Waals surface area contributed by atoms with E-state index >= 15 is 0 Å². The van der Waals surface area contributed by atoms with E-state index in [0.717, 1.165) is 18.9 Å². The number of carbonyl (C=O) groups excluding carboxylic acids is 3. The third-order valence-electron chi connectivity index (χ3n) is 5.45. The molecule has 1 aliphatic carbocycles. The highest BCUT2D eigenvalue weighted by molar-refractivity contribution is 6.31. The molecule has 0 saturated heterocycles. The van der Waals surface area contributed by atoms with Crippen molar-refractivity contribution in [2.45, 2.75) is 31.2 Å². The maximum absolute atomic E-state index is 13.0. The third-order valence-corrected chi connectivity index (χ3v) is 5.78. The number of phenolic OH excluding ortho intramolecular Hbond substituents is 2. The van der Waals surface area contributed by atoms with Gasteiger partial charge in [0.1, 0.15) is 22.6 Å². The van der Waals surface area contributed by atoms with Gasteiger partial charge in [-0.25, -0.2) is 4.79 Å². The van der Waals surface area contributed by atoms with Crippen molar-refractivity contribution in [3.05, 3.63) is 58.6 Å². The predicted molar refractivity (Wildman–Crippen MR) is 109 cm³/mol. The van der Waals surface area contributed by atoms with Gasteiger partial charge in [-0.1, -0.05) is 29.8 Å². The predicted octanol–water partition coefficient (Wildman–Crippen LogP) is 3.41. The Morgan fingerprint density at radius 2 is 1.90 bits per heavy atom. The molecule has 0 radical (unpaired) electrons. The van der Waals surface area contributed by atoms with Crippen LogP contribution in [0.4, 0.5) is 0 Å². The van der Waals surface area contributed by atoms with E-state index in [9.17, 15) is 24.6 Å². The number of phenols is 2. The summed E-state index contributed by atoms with van der Waals surface area (Å²) < 4.78 is 5.05. The second-order valence-corrected chi connectivity index (χ2v) is 7.61. The molecule has 0 spiro atoms. The summed E-state index contributed by atoms with van der Waals surface area (Å²) in [5, 5.41) is 19.5. The summed E-state index contributed by atoms with van der Waals surface area (Å²) in [6, 6.07) is 10.3. The molecule has 158 valence electrons. The zero-order valence-electron chi connectivity index (χ0n) is 16.4. The SMILES string of the molecule is CN(C(=O)COC(=O)c1ccc(O)cc1O)C1(c2ccccc2Cl)CCCCC1=O. The number of carbonyl (C=O) groups is 3. The zero-order chi connectivity index (χ0) is 21.9. The van der Waals surface area contributed by atoms with Crippen molar-refractivity contribution < 1.29 is 29.3 Å². The van der Waals surface area contributed by atoms with Crippen molar-refractivity contribution in [3.8, 4) is 11.5 Å². The van der Waals surface area contributed by atoms with Gasteiger partial charge in [-0.05, 0) is 37.5 Å². The third kappa shape index (κ3) is 3.98. The van der Waals surface area contributed by atoms with E-state index in [1.54, 1.807) is 24.3 Å². The van der Waals surface area contributed by atoms with Crippen LogP contribution in [0.25, 0.3) is 0 Å². The van der Waals surface area contributed by atoms with Gasteiger partial charge in [0, 0.05) is 30.1 Å². The topological polar surface area (TPSA) is 104 Å². The molecule has 2 aromatic carbocycles. The Kier molecular flexibility index (Phi) is 6.31. The number of halogens is 1. The molecule has 1 amide bonds. The van der Waals surface area contributed by atoms with Gasteiger partial charge in [-0.2, -0.15) is 0 Å². The molecule has 1 atom stereocenters. The van der Waals surface area contributed by atoms with Gasteiger partial charge < -0.3 is 19.8 Å². The van der Waals surface area contributed by atoms with Crippen molar-refractivity contribution in [3.63, 3.8) is 0 Å². The summed E-state index contributed by atoms with van der Waals surface area (Å²) in [6.07, 6.45) is 2.23. The van der Waals surface area contributed by atoms with E-state index in [-0.39, 0.29) is 17.1 Å². The van der Waals surface area contributed by atoms with Crippen LogP contribution in [0.2, 0.25) is 5.02 Å². The van der Waals surface area contributed by atoms with Crippen LogP contribution < -0.4 is 0 Å². The van der Waals surface area contributed by atoms with Gasteiger partial charge in [0.25, 0.3) is 5.91 Å². The number of aromatic hydroxyl groups is 2. The van der Waals surface area contributed by atoms with Crippen LogP contribution in [0.15, 0.2) is 42.5 Å². The molecule has 0 bridgehead atoms. The highest BCUT2D eigenvalue weighted by Gasteiger charge is 2.48. The van der Waals surface area contributed by atoms with Crippen LogP contribution in [-0.2, 0) is 19.9 Å². The Morgan fingerprint density at radius 3 is 2.57 bits per heavy atom. The average molecular weight is 432 g/mol. The van der Waals surface area contributed by atoms with Crippen molar-refractivity contribution in [1.82, 2.24) is 4.90 Å². The first-order valence-corrected chi connectivity index (χ1v) is 9.89. The fourth-order valence-corrected chi connectivity index (χ4v) is 4.13. The minimum Gasteiger partial charge on any atom is -0.508 e. The molecule has 2 N–H and O–H groups in total. The molecule has 3 rings (SSSR count). The van der Waals surface area contributed by atoms with Gasteiger partial charge in [-0.3, -0.25) is 9.59 Å². The molecule has 1 fully saturated rings. The van der Waals surface area contributed by atoms with Gasteiger partial charge in [0.2, 0.25) is 0 Å². The Balaban J connectivity index is 1.82. The molecule has 30 heavy (non-hydrogen) atoms. The van der Waals surface area contributed by atoms with Crippen molar-refractivity contribution in [1.29, 1.82) is 0 Å². The maximum atomic E-state index is 13.0. The first-order valence-electron chi connectivity index (χ1n) is 9.51. The van der Waals surface area contributed by atoms with E-state index in [0.29, 0.717) is 23.4 Å². The molecular weight excluding hydrogens is 410 g/mol. The largest absolute Gasteiger partial charge is 0.508 e. The lowest BCUT2D eigenvalue weighted by molar-refractivity contribution is -0.150. The highest BCUT2D eigenvalue weighted by atomic mass is 35.5. The van der Waals surface area contributed by atoms with Crippen LogP contribution in [0.3, 0.4) is 0 Å². The Morgan fingerprint density at radius 1 is 1.17 bits per heavy atom. The average Bonchev–Trinajstić information content (AvgIpc) is 2.72. The molecule has 1 saturated carbocycles. The maximum Gasteiger partial charge on any atom is 0.342 e. The van der Waals surface area contributed by atoms with Crippen molar-refractivity contribution in [2.75, 3.05) is 13.7 Å². The van der Waals surface area contributed by atoms with Gasteiger partial charge in [0.05, 0.1) is 0 Å². The molecular formula is C22H22ClNO6. The molecule has 0 aliphatic heterocycles. The summed E-state index contributed by atoms with van der Waals surface area (Å²) in [4.78, 5) is 39.5. The Bertz CT molecular complexity index is 991.